The highest BCUT2D eigenvalue weighted by molar-refractivity contribution is 5.99. The minimum absolute atomic E-state index is 0.0899. The molecule has 0 saturated carbocycles. The van der Waals surface area contributed by atoms with Crippen LogP contribution in [0.4, 0.5) is 0 Å². The fraction of sp³-hybridized carbons (Fsp3) is 0.154. The molecule has 6 aromatic rings. The van der Waals surface area contributed by atoms with Gasteiger partial charge in [0.2, 0.25) is 0 Å². The van der Waals surface area contributed by atoms with Crippen molar-refractivity contribution in [1.82, 2.24) is 15.6 Å². The molecule has 0 saturated heterocycles. The van der Waals surface area contributed by atoms with Gasteiger partial charge in [0, 0.05) is 22.7 Å². The van der Waals surface area contributed by atoms with Crippen LogP contribution in [0.2, 0.25) is 0 Å². The molecule has 3 unspecified atom stereocenters. The van der Waals surface area contributed by atoms with Crippen LogP contribution in [0.25, 0.3) is 39.0 Å². The third kappa shape index (κ3) is 6.78. The molecule has 0 amide bonds. The first-order valence-electron chi connectivity index (χ1n) is 20.0. The van der Waals surface area contributed by atoms with Gasteiger partial charge < -0.3 is 5.32 Å². The van der Waals surface area contributed by atoms with Gasteiger partial charge in [-0.2, -0.15) is 0 Å². The number of amidine groups is 1. The van der Waals surface area contributed by atoms with Gasteiger partial charge in [0.25, 0.3) is 0 Å². The van der Waals surface area contributed by atoms with Crippen LogP contribution < -0.4 is 10.6 Å². The number of nitrogens with one attached hydrogen (secondary N) is 2. The van der Waals surface area contributed by atoms with Crippen molar-refractivity contribution in [3.8, 4) is 33.4 Å². The molecular weight excluding hydrogens is 681 g/mol. The zero-order valence-corrected chi connectivity index (χ0v) is 31.4. The van der Waals surface area contributed by atoms with Gasteiger partial charge >= 0.3 is 0 Å². The lowest BCUT2D eigenvalue weighted by atomic mass is 9.79. The molecule has 4 aliphatic rings. The van der Waals surface area contributed by atoms with Crippen LogP contribution in [-0.2, 0) is 12.8 Å². The number of rotatable bonds is 7. The van der Waals surface area contributed by atoms with Crippen LogP contribution >= 0.6 is 0 Å². The first kappa shape index (κ1) is 34.2. The topological polar surface area (TPSA) is 49.3 Å². The van der Waals surface area contributed by atoms with E-state index in [4.69, 9.17) is 9.98 Å². The van der Waals surface area contributed by atoms with Crippen molar-refractivity contribution in [1.29, 1.82) is 0 Å². The fourth-order valence-corrected chi connectivity index (χ4v) is 8.66. The second-order valence-electron chi connectivity index (χ2n) is 15.2. The Bertz CT molecular complexity index is 2540. The first-order chi connectivity index (χ1) is 27.7. The van der Waals surface area contributed by atoms with Crippen molar-refractivity contribution >= 4 is 11.4 Å². The molecule has 0 spiro atoms. The number of fused-ring (bicyclic) bond motifs is 3. The van der Waals surface area contributed by atoms with Crippen LogP contribution in [-0.4, -0.2) is 10.8 Å². The number of allylic oxidation sites excluding steroid dienone is 8. The molecule has 4 heteroatoms. The molecular formula is C52H44N4. The average molecular weight is 725 g/mol. The molecule has 2 heterocycles. The molecule has 0 bridgehead atoms. The fourth-order valence-electron chi connectivity index (χ4n) is 8.66. The van der Waals surface area contributed by atoms with Crippen LogP contribution in [0.1, 0.15) is 76.7 Å². The van der Waals surface area contributed by atoms with Crippen molar-refractivity contribution in [3.63, 3.8) is 0 Å². The van der Waals surface area contributed by atoms with Crippen molar-refractivity contribution in [2.24, 2.45) is 4.99 Å². The van der Waals surface area contributed by atoms with E-state index in [2.05, 4.69) is 174 Å². The summed E-state index contributed by atoms with van der Waals surface area (Å²) in [5.74, 6) is 1.24. The maximum Gasteiger partial charge on any atom is 0.131 e. The van der Waals surface area contributed by atoms with Gasteiger partial charge in [0.1, 0.15) is 18.2 Å². The molecule has 0 fully saturated rings. The first-order valence-corrected chi connectivity index (χ1v) is 20.0. The molecule has 5 aromatic carbocycles. The van der Waals surface area contributed by atoms with Gasteiger partial charge in [-0.1, -0.05) is 164 Å². The maximum atomic E-state index is 5.35. The average Bonchev–Trinajstić information content (AvgIpc) is 3.29. The number of benzene rings is 5. The molecule has 1 aliphatic heterocycles. The highest BCUT2D eigenvalue weighted by Crippen LogP contribution is 2.43. The summed E-state index contributed by atoms with van der Waals surface area (Å²) in [7, 11) is 0. The van der Waals surface area contributed by atoms with Gasteiger partial charge in [-0.25, -0.2) is 4.99 Å². The molecule has 56 heavy (non-hydrogen) atoms. The number of aliphatic imine (C=N–C) groups is 1. The second kappa shape index (κ2) is 15.1. The Hall–Kier alpha value is -6.36. The van der Waals surface area contributed by atoms with Gasteiger partial charge in [-0.15, -0.1) is 0 Å². The lowest BCUT2D eigenvalue weighted by molar-refractivity contribution is 0.409. The molecule has 2 N–H and O–H groups in total. The van der Waals surface area contributed by atoms with Crippen LogP contribution in [0.3, 0.4) is 0 Å². The minimum Gasteiger partial charge on any atom is -0.350 e. The number of hydrogen-bond acceptors (Lipinski definition) is 4. The number of aromatic nitrogens is 1. The molecule has 3 aliphatic carbocycles. The quantitative estimate of drug-likeness (QED) is 0.172. The lowest BCUT2D eigenvalue weighted by Crippen LogP contribution is -2.44. The SMILES string of the molecule is C1=CCCC(c2cc(C3C=CC=CC3)c3c(n2)CCc2ccc(-c4ccc(-c5ccc(C6NC(c7ccccc7)=NC(c7ccccc7)N6)cc5)cc4)cc2-3)=C1. The van der Waals surface area contributed by atoms with E-state index in [0.717, 1.165) is 60.3 Å². The van der Waals surface area contributed by atoms with Gasteiger partial charge in [0.15, 0.2) is 0 Å². The van der Waals surface area contributed by atoms with E-state index in [9.17, 15) is 0 Å². The lowest BCUT2D eigenvalue weighted by Gasteiger charge is -2.32. The van der Waals surface area contributed by atoms with E-state index >= 15 is 0 Å². The summed E-state index contributed by atoms with van der Waals surface area (Å²) in [5, 5.41) is 7.39. The van der Waals surface area contributed by atoms with Crippen LogP contribution in [0, 0.1) is 0 Å². The van der Waals surface area contributed by atoms with Gasteiger partial charge in [-0.3, -0.25) is 10.3 Å². The van der Waals surface area contributed by atoms with E-state index < -0.39 is 0 Å². The summed E-state index contributed by atoms with van der Waals surface area (Å²) in [5.41, 5.74) is 17.5. The summed E-state index contributed by atoms with van der Waals surface area (Å²) in [6.45, 7) is 0. The van der Waals surface area contributed by atoms with E-state index in [1.807, 2.05) is 12.1 Å². The molecule has 3 atom stereocenters. The highest BCUT2D eigenvalue weighted by Gasteiger charge is 2.27. The van der Waals surface area contributed by atoms with E-state index in [1.54, 1.807) is 0 Å². The summed E-state index contributed by atoms with van der Waals surface area (Å²) < 4.78 is 0. The molecule has 4 nitrogen and oxygen atoms in total. The molecule has 10 rings (SSSR count). The largest absolute Gasteiger partial charge is 0.350 e. The second-order valence-corrected chi connectivity index (χ2v) is 15.2. The smallest absolute Gasteiger partial charge is 0.131 e. The van der Waals surface area contributed by atoms with E-state index in [0.29, 0.717) is 5.92 Å². The summed E-state index contributed by atoms with van der Waals surface area (Å²) in [4.78, 5) is 10.4. The normalized spacial score (nSPS) is 19.7. The monoisotopic (exact) mass is 724 g/mol. The van der Waals surface area contributed by atoms with E-state index in [1.165, 1.54) is 55.8 Å². The zero-order chi connectivity index (χ0) is 37.3. The van der Waals surface area contributed by atoms with Crippen molar-refractivity contribution < 1.29 is 0 Å². The van der Waals surface area contributed by atoms with E-state index in [-0.39, 0.29) is 12.3 Å². The zero-order valence-electron chi connectivity index (χ0n) is 31.4. The predicted molar refractivity (Wildman–Crippen MR) is 231 cm³/mol. The Morgan fingerprint density at radius 3 is 2.05 bits per heavy atom. The van der Waals surface area contributed by atoms with Crippen molar-refractivity contribution in [3.05, 3.63) is 215 Å². The number of aryl methyl sites for hydroxylation is 2. The molecule has 0 radical (unpaired) electrons. The van der Waals surface area contributed by atoms with Crippen LogP contribution in [0.15, 0.2) is 181 Å². The Balaban J connectivity index is 0.923. The van der Waals surface area contributed by atoms with Crippen molar-refractivity contribution in [2.75, 3.05) is 0 Å². The highest BCUT2D eigenvalue weighted by atomic mass is 15.3. The van der Waals surface area contributed by atoms with Crippen molar-refractivity contribution in [2.45, 2.75) is 50.4 Å². The summed E-state index contributed by atoms with van der Waals surface area (Å²) in [6, 6.07) is 48.3. The number of pyridine rings is 1. The van der Waals surface area contributed by atoms with Gasteiger partial charge in [-0.05, 0) is 99.9 Å². The Morgan fingerprint density at radius 1 is 0.589 bits per heavy atom. The predicted octanol–water partition coefficient (Wildman–Crippen LogP) is 11.9. The third-order valence-electron chi connectivity index (χ3n) is 11.7. The summed E-state index contributed by atoms with van der Waals surface area (Å²) in [6.07, 6.45) is 20.7. The third-order valence-corrected chi connectivity index (χ3v) is 11.7. The number of nitrogens with zero attached hydrogens (tertiary/aromatic N) is 2. The standard InChI is InChI=1S/C52H44N4/c1-5-13-38(14-6-1)46-34-48(40-15-7-2-8-16-40)53-47-32-31-39-27-30-44(33-45(39)49(46)47)37-23-21-35(22-24-37)36-25-28-43(29-26-36)52-55-50(41-17-9-3-10-18-41)54-51(56-52)42-19-11-4-12-20-42/h1-7,9-13,15,17-30,33-34,38,50,52,55H,8,14,16,31-32H2,(H,54,56). The summed E-state index contributed by atoms with van der Waals surface area (Å²) >= 11 is 0. The Labute approximate surface area is 329 Å². The number of hydrogen-bond donors (Lipinski definition) is 2. The maximum absolute atomic E-state index is 5.35. The van der Waals surface area contributed by atoms with Crippen LogP contribution in [0.5, 0.6) is 0 Å². The Morgan fingerprint density at radius 2 is 1.32 bits per heavy atom. The minimum atomic E-state index is -0.152. The van der Waals surface area contributed by atoms with Gasteiger partial charge in [0.05, 0.1) is 5.69 Å². The molecule has 1 aromatic heterocycles. The Kier molecular flexibility index (Phi) is 9.18. The molecule has 272 valence electrons.